The summed E-state index contributed by atoms with van der Waals surface area (Å²) in [7, 11) is 0. The molecular weight excluding hydrogens is 300 g/mol. The first kappa shape index (κ1) is 17.2. The maximum Gasteiger partial charge on any atom is 0.0720 e. The third-order valence-electron chi connectivity index (χ3n) is 4.73. The molecule has 0 saturated heterocycles. The summed E-state index contributed by atoms with van der Waals surface area (Å²) in [5.41, 5.74) is 3.58. The van der Waals surface area contributed by atoms with Crippen molar-refractivity contribution >= 4 is 0 Å². The molecule has 1 fully saturated rings. The van der Waals surface area contributed by atoms with Gasteiger partial charge in [0, 0.05) is 5.92 Å². The number of hydrogen-bond acceptors (Lipinski definition) is 3. The number of ether oxygens (including phenoxy) is 2. The number of aryl methyl sites for hydroxylation is 1. The molecular formula is C21H26O3. The lowest BCUT2D eigenvalue weighted by atomic mass is 10.1. The van der Waals surface area contributed by atoms with Crippen molar-refractivity contribution in [1.82, 2.24) is 0 Å². The molecule has 3 atom stereocenters. The van der Waals surface area contributed by atoms with Gasteiger partial charge in [0.25, 0.3) is 0 Å². The molecule has 0 bridgehead atoms. The van der Waals surface area contributed by atoms with E-state index in [2.05, 4.69) is 43.3 Å². The van der Waals surface area contributed by atoms with E-state index in [1.807, 2.05) is 18.2 Å². The molecule has 3 nitrogen and oxygen atoms in total. The SMILES string of the molecule is Cc1ccc(COCC2C(O)CCC2OCc2ccccc2)cc1. The standard InChI is InChI=1S/C21H26O3/c1-16-7-9-18(10-8-16)13-23-15-19-20(22)11-12-21(19)24-14-17-5-3-2-4-6-17/h2-10,19-22H,11-15H2,1H3. The van der Waals surface area contributed by atoms with E-state index in [9.17, 15) is 5.11 Å². The summed E-state index contributed by atoms with van der Waals surface area (Å²) in [4.78, 5) is 0. The van der Waals surface area contributed by atoms with E-state index >= 15 is 0 Å². The fourth-order valence-electron chi connectivity index (χ4n) is 3.21. The highest BCUT2D eigenvalue weighted by Gasteiger charge is 2.35. The van der Waals surface area contributed by atoms with Crippen molar-refractivity contribution in [3.05, 3.63) is 71.3 Å². The minimum absolute atomic E-state index is 0.0548. The van der Waals surface area contributed by atoms with Gasteiger partial charge < -0.3 is 14.6 Å². The highest BCUT2D eigenvalue weighted by molar-refractivity contribution is 5.20. The summed E-state index contributed by atoms with van der Waals surface area (Å²) in [6, 6.07) is 18.5. The lowest BCUT2D eigenvalue weighted by Gasteiger charge is -2.22. The molecule has 2 aromatic rings. The van der Waals surface area contributed by atoms with Crippen LogP contribution in [0.15, 0.2) is 54.6 Å². The third kappa shape index (κ3) is 4.67. The maximum atomic E-state index is 10.2. The molecule has 3 heteroatoms. The molecule has 128 valence electrons. The second kappa shape index (κ2) is 8.43. The van der Waals surface area contributed by atoms with Crippen molar-refractivity contribution in [1.29, 1.82) is 0 Å². The van der Waals surface area contributed by atoms with Crippen molar-refractivity contribution in [2.45, 2.75) is 45.2 Å². The van der Waals surface area contributed by atoms with Gasteiger partial charge in [0.05, 0.1) is 32.0 Å². The van der Waals surface area contributed by atoms with Crippen molar-refractivity contribution in [3.8, 4) is 0 Å². The second-order valence-electron chi connectivity index (χ2n) is 6.64. The first-order valence-electron chi connectivity index (χ1n) is 8.69. The Morgan fingerprint density at radius 1 is 0.917 bits per heavy atom. The van der Waals surface area contributed by atoms with E-state index < -0.39 is 0 Å². The fourth-order valence-corrected chi connectivity index (χ4v) is 3.21. The normalized spacial score (nSPS) is 23.5. The quantitative estimate of drug-likeness (QED) is 0.839. The average Bonchev–Trinajstić information content (AvgIpc) is 2.96. The van der Waals surface area contributed by atoms with Crippen LogP contribution in [0.5, 0.6) is 0 Å². The highest BCUT2D eigenvalue weighted by atomic mass is 16.5. The number of benzene rings is 2. The van der Waals surface area contributed by atoms with Crippen LogP contribution in [0.3, 0.4) is 0 Å². The van der Waals surface area contributed by atoms with Crippen LogP contribution in [-0.4, -0.2) is 23.9 Å². The molecule has 0 aliphatic heterocycles. The zero-order valence-corrected chi connectivity index (χ0v) is 14.2. The Bertz CT molecular complexity index is 609. The van der Waals surface area contributed by atoms with Crippen LogP contribution in [0.25, 0.3) is 0 Å². The smallest absolute Gasteiger partial charge is 0.0720 e. The van der Waals surface area contributed by atoms with Gasteiger partial charge in [-0.15, -0.1) is 0 Å². The molecule has 1 saturated carbocycles. The van der Waals surface area contributed by atoms with Gasteiger partial charge in [0.15, 0.2) is 0 Å². The Morgan fingerprint density at radius 2 is 1.62 bits per heavy atom. The van der Waals surface area contributed by atoms with E-state index in [0.29, 0.717) is 19.8 Å². The molecule has 3 rings (SSSR count). The van der Waals surface area contributed by atoms with Gasteiger partial charge >= 0.3 is 0 Å². The Labute approximate surface area is 144 Å². The van der Waals surface area contributed by atoms with Crippen LogP contribution in [0.4, 0.5) is 0 Å². The van der Waals surface area contributed by atoms with Gasteiger partial charge in [0.2, 0.25) is 0 Å². The van der Waals surface area contributed by atoms with Crippen LogP contribution in [0, 0.1) is 12.8 Å². The second-order valence-corrected chi connectivity index (χ2v) is 6.64. The zero-order valence-electron chi connectivity index (χ0n) is 14.2. The van der Waals surface area contributed by atoms with Crippen LogP contribution < -0.4 is 0 Å². The van der Waals surface area contributed by atoms with Crippen molar-refractivity contribution < 1.29 is 14.6 Å². The highest BCUT2D eigenvalue weighted by Crippen LogP contribution is 2.30. The molecule has 1 aliphatic rings. The lowest BCUT2D eigenvalue weighted by molar-refractivity contribution is -0.0459. The van der Waals surface area contributed by atoms with Gasteiger partial charge in [-0.3, -0.25) is 0 Å². The van der Waals surface area contributed by atoms with Gasteiger partial charge in [0.1, 0.15) is 0 Å². The monoisotopic (exact) mass is 326 g/mol. The predicted octanol–water partition coefficient (Wildman–Crippen LogP) is 3.87. The van der Waals surface area contributed by atoms with E-state index in [1.165, 1.54) is 11.1 Å². The topological polar surface area (TPSA) is 38.7 Å². The van der Waals surface area contributed by atoms with Crippen LogP contribution in [0.2, 0.25) is 0 Å². The summed E-state index contributed by atoms with van der Waals surface area (Å²) < 4.78 is 11.9. The summed E-state index contributed by atoms with van der Waals surface area (Å²) in [5.74, 6) is 0.0548. The number of aliphatic hydroxyl groups is 1. The Hall–Kier alpha value is -1.68. The largest absolute Gasteiger partial charge is 0.393 e. The molecule has 24 heavy (non-hydrogen) atoms. The minimum Gasteiger partial charge on any atom is -0.393 e. The first-order chi connectivity index (χ1) is 11.7. The summed E-state index contributed by atoms with van der Waals surface area (Å²) in [5, 5.41) is 10.2. The molecule has 1 N–H and O–H groups in total. The van der Waals surface area contributed by atoms with Gasteiger partial charge in [-0.05, 0) is 30.9 Å². The van der Waals surface area contributed by atoms with E-state index in [4.69, 9.17) is 9.47 Å². The average molecular weight is 326 g/mol. The van der Waals surface area contributed by atoms with Gasteiger partial charge in [-0.25, -0.2) is 0 Å². The molecule has 0 amide bonds. The molecule has 0 aromatic heterocycles. The Kier molecular flexibility index (Phi) is 6.02. The van der Waals surface area contributed by atoms with E-state index in [-0.39, 0.29) is 18.1 Å². The Morgan fingerprint density at radius 3 is 2.38 bits per heavy atom. The molecule has 3 unspecified atom stereocenters. The number of rotatable bonds is 7. The number of aliphatic hydroxyl groups excluding tert-OH is 1. The first-order valence-corrected chi connectivity index (χ1v) is 8.69. The Balaban J connectivity index is 1.48. The molecule has 0 spiro atoms. The minimum atomic E-state index is -0.330. The molecule has 0 radical (unpaired) electrons. The van der Waals surface area contributed by atoms with Crippen molar-refractivity contribution in [2.75, 3.05) is 6.61 Å². The zero-order chi connectivity index (χ0) is 16.8. The lowest BCUT2D eigenvalue weighted by Crippen LogP contribution is -2.29. The van der Waals surface area contributed by atoms with E-state index in [0.717, 1.165) is 18.4 Å². The predicted molar refractivity (Wildman–Crippen MR) is 94.6 cm³/mol. The van der Waals surface area contributed by atoms with Crippen LogP contribution in [0.1, 0.15) is 29.5 Å². The van der Waals surface area contributed by atoms with Crippen LogP contribution in [-0.2, 0) is 22.7 Å². The van der Waals surface area contributed by atoms with E-state index in [1.54, 1.807) is 0 Å². The number of hydrogen-bond donors (Lipinski definition) is 1. The molecule has 2 aromatic carbocycles. The fraction of sp³-hybridized carbons (Fsp3) is 0.429. The summed E-state index contributed by atoms with van der Waals surface area (Å²) >= 11 is 0. The maximum absolute atomic E-state index is 10.2. The van der Waals surface area contributed by atoms with Gasteiger partial charge in [-0.1, -0.05) is 60.2 Å². The third-order valence-corrected chi connectivity index (χ3v) is 4.73. The molecule has 0 heterocycles. The molecule has 1 aliphatic carbocycles. The van der Waals surface area contributed by atoms with Crippen molar-refractivity contribution in [2.24, 2.45) is 5.92 Å². The summed E-state index contributed by atoms with van der Waals surface area (Å²) in [6.45, 7) is 3.78. The summed E-state index contributed by atoms with van der Waals surface area (Å²) in [6.07, 6.45) is 1.42. The van der Waals surface area contributed by atoms with Crippen LogP contribution >= 0.6 is 0 Å². The van der Waals surface area contributed by atoms with Gasteiger partial charge in [-0.2, -0.15) is 0 Å². The van der Waals surface area contributed by atoms with Crippen molar-refractivity contribution in [3.63, 3.8) is 0 Å².